The first-order chi connectivity index (χ1) is 7.65. The molecule has 0 unspecified atom stereocenters. The molecule has 0 heterocycles. The van der Waals surface area contributed by atoms with E-state index in [1.54, 1.807) is 24.3 Å². The van der Waals surface area contributed by atoms with E-state index in [1.165, 1.54) is 0 Å². The topological polar surface area (TPSA) is 72.5 Å². The second-order valence-electron chi connectivity index (χ2n) is 3.59. The van der Waals surface area contributed by atoms with Crippen LogP contribution >= 0.6 is 0 Å². The van der Waals surface area contributed by atoms with Crippen molar-refractivity contribution >= 4 is 5.97 Å². The van der Waals surface area contributed by atoms with E-state index in [1.807, 2.05) is 0 Å². The third-order valence-electron chi connectivity index (χ3n) is 2.25. The average Bonchev–Trinajstić information content (AvgIpc) is 2.29. The highest BCUT2D eigenvalue weighted by Gasteiger charge is 2.14. The minimum Gasteiger partial charge on any atom is -0.494 e. The lowest BCUT2D eigenvalue weighted by Crippen LogP contribution is -2.20. The molecule has 16 heavy (non-hydrogen) atoms. The number of ether oxygens (including phenoxy) is 1. The molecule has 88 valence electrons. The van der Waals surface area contributed by atoms with Gasteiger partial charge in [0.05, 0.1) is 6.61 Å². The molecule has 1 rings (SSSR count). The van der Waals surface area contributed by atoms with Gasteiger partial charge in [0, 0.05) is 0 Å². The van der Waals surface area contributed by atoms with Crippen LogP contribution in [0, 0.1) is 0 Å². The van der Waals surface area contributed by atoms with Gasteiger partial charge in [0.2, 0.25) is 0 Å². The van der Waals surface area contributed by atoms with E-state index in [9.17, 15) is 4.79 Å². The lowest BCUT2D eigenvalue weighted by molar-refractivity contribution is -0.138. The summed E-state index contributed by atoms with van der Waals surface area (Å²) in [5.74, 6) is -0.367. The minimum atomic E-state index is -1.04. The van der Waals surface area contributed by atoms with Crippen molar-refractivity contribution in [3.05, 3.63) is 29.8 Å². The van der Waals surface area contributed by atoms with E-state index in [4.69, 9.17) is 15.6 Å². The Morgan fingerprint density at radius 2 is 2.31 bits per heavy atom. The van der Waals surface area contributed by atoms with Gasteiger partial charge in [0.15, 0.2) is 0 Å². The normalized spacial score (nSPS) is 12.1. The van der Waals surface area contributed by atoms with Crippen molar-refractivity contribution in [1.29, 1.82) is 0 Å². The number of hydrogen-bond acceptors (Lipinski definition) is 3. The fourth-order valence-electron chi connectivity index (χ4n) is 1.27. The van der Waals surface area contributed by atoms with E-state index in [0.29, 0.717) is 17.9 Å². The molecule has 0 amide bonds. The number of carboxylic acids is 1. The predicted molar refractivity (Wildman–Crippen MR) is 61.4 cm³/mol. The molecular weight excluding hydrogens is 206 g/mol. The number of nitrogens with two attached hydrogens (primary N) is 1. The third kappa shape index (κ3) is 3.55. The highest BCUT2D eigenvalue weighted by Crippen LogP contribution is 2.18. The lowest BCUT2D eigenvalue weighted by Gasteiger charge is -2.10. The van der Waals surface area contributed by atoms with Crippen LogP contribution in [0.1, 0.15) is 31.4 Å². The number of carboxylic acid groups (broad SMARTS) is 1. The predicted octanol–water partition coefficient (Wildman–Crippen LogP) is 1.95. The summed E-state index contributed by atoms with van der Waals surface area (Å²) in [5.41, 5.74) is 6.06. The molecule has 0 aliphatic rings. The molecule has 0 aliphatic carbocycles. The number of carbonyl (C=O) groups is 1. The Labute approximate surface area is 95.0 Å². The van der Waals surface area contributed by atoms with Gasteiger partial charge in [0.1, 0.15) is 11.8 Å². The van der Waals surface area contributed by atoms with Gasteiger partial charge in [-0.15, -0.1) is 0 Å². The van der Waals surface area contributed by atoms with E-state index in [-0.39, 0.29) is 0 Å². The average molecular weight is 223 g/mol. The third-order valence-corrected chi connectivity index (χ3v) is 2.25. The van der Waals surface area contributed by atoms with E-state index in [0.717, 1.165) is 12.8 Å². The molecule has 0 saturated heterocycles. The smallest absolute Gasteiger partial charge is 0.325 e. The fourth-order valence-corrected chi connectivity index (χ4v) is 1.27. The van der Waals surface area contributed by atoms with Crippen molar-refractivity contribution in [3.8, 4) is 5.75 Å². The highest BCUT2D eigenvalue weighted by atomic mass is 16.5. The van der Waals surface area contributed by atoms with Gasteiger partial charge in [-0.3, -0.25) is 4.79 Å². The standard InChI is InChI=1S/C12H17NO3/c1-2-3-7-16-10-6-4-5-9(8-10)11(13)12(14)15/h4-6,8,11H,2-3,7,13H2,1H3,(H,14,15)/t11-/m0/s1. The summed E-state index contributed by atoms with van der Waals surface area (Å²) in [6, 6.07) is 5.92. The van der Waals surface area contributed by atoms with Crippen LogP contribution in [0.15, 0.2) is 24.3 Å². The van der Waals surface area contributed by atoms with Crippen molar-refractivity contribution in [3.63, 3.8) is 0 Å². The molecule has 0 aliphatic heterocycles. The second-order valence-corrected chi connectivity index (χ2v) is 3.59. The summed E-state index contributed by atoms with van der Waals surface area (Å²) in [6.07, 6.45) is 2.05. The maximum atomic E-state index is 10.7. The van der Waals surface area contributed by atoms with Crippen LogP contribution in [0.25, 0.3) is 0 Å². The molecular formula is C12H17NO3. The SMILES string of the molecule is CCCCOc1cccc([C@H](N)C(=O)O)c1. The van der Waals surface area contributed by atoms with Crippen molar-refractivity contribution in [2.24, 2.45) is 5.73 Å². The van der Waals surface area contributed by atoms with Crippen LogP contribution in [-0.2, 0) is 4.79 Å². The zero-order valence-electron chi connectivity index (χ0n) is 9.35. The van der Waals surface area contributed by atoms with Crippen molar-refractivity contribution in [2.75, 3.05) is 6.61 Å². The van der Waals surface area contributed by atoms with Gasteiger partial charge in [-0.05, 0) is 24.1 Å². The van der Waals surface area contributed by atoms with E-state index >= 15 is 0 Å². The monoisotopic (exact) mass is 223 g/mol. The molecule has 0 saturated carbocycles. The van der Waals surface area contributed by atoms with Crippen LogP contribution in [0.5, 0.6) is 5.75 Å². The molecule has 1 aromatic rings. The molecule has 4 heteroatoms. The number of hydrogen-bond donors (Lipinski definition) is 2. The van der Waals surface area contributed by atoms with Crippen LogP contribution in [0.4, 0.5) is 0 Å². The summed E-state index contributed by atoms with van der Waals surface area (Å²) in [7, 11) is 0. The molecule has 4 nitrogen and oxygen atoms in total. The van der Waals surface area contributed by atoms with Crippen LogP contribution in [-0.4, -0.2) is 17.7 Å². The molecule has 3 N–H and O–H groups in total. The minimum absolute atomic E-state index is 0.557. The van der Waals surface area contributed by atoms with Gasteiger partial charge in [0.25, 0.3) is 0 Å². The van der Waals surface area contributed by atoms with E-state index < -0.39 is 12.0 Å². The number of benzene rings is 1. The van der Waals surface area contributed by atoms with Crippen LogP contribution in [0.2, 0.25) is 0 Å². The van der Waals surface area contributed by atoms with Crippen molar-refractivity contribution in [2.45, 2.75) is 25.8 Å². The first-order valence-corrected chi connectivity index (χ1v) is 5.36. The second kappa shape index (κ2) is 6.12. The summed E-state index contributed by atoms with van der Waals surface area (Å²) in [5, 5.41) is 8.77. The molecule has 1 atom stereocenters. The van der Waals surface area contributed by atoms with Gasteiger partial charge >= 0.3 is 5.97 Å². The fraction of sp³-hybridized carbons (Fsp3) is 0.417. The largest absolute Gasteiger partial charge is 0.494 e. The molecule has 0 aromatic heterocycles. The quantitative estimate of drug-likeness (QED) is 0.723. The number of rotatable bonds is 6. The summed E-state index contributed by atoms with van der Waals surface area (Å²) < 4.78 is 5.47. The number of aliphatic carboxylic acids is 1. The summed E-state index contributed by atoms with van der Waals surface area (Å²) >= 11 is 0. The zero-order chi connectivity index (χ0) is 12.0. The highest BCUT2D eigenvalue weighted by molar-refractivity contribution is 5.75. The zero-order valence-corrected chi connectivity index (χ0v) is 9.35. The molecule has 0 fully saturated rings. The maximum absolute atomic E-state index is 10.7. The van der Waals surface area contributed by atoms with Gasteiger partial charge in [-0.2, -0.15) is 0 Å². The number of unbranched alkanes of at least 4 members (excludes halogenated alkanes) is 1. The van der Waals surface area contributed by atoms with Gasteiger partial charge < -0.3 is 15.6 Å². The Balaban J connectivity index is 2.67. The van der Waals surface area contributed by atoms with Gasteiger partial charge in [-0.1, -0.05) is 25.5 Å². The molecule has 0 bridgehead atoms. The summed E-state index contributed by atoms with van der Waals surface area (Å²) in [6.45, 7) is 2.72. The Morgan fingerprint density at radius 3 is 2.94 bits per heavy atom. The Morgan fingerprint density at radius 1 is 1.56 bits per heavy atom. The maximum Gasteiger partial charge on any atom is 0.325 e. The van der Waals surface area contributed by atoms with Gasteiger partial charge in [-0.25, -0.2) is 0 Å². The Bertz CT molecular complexity index is 352. The summed E-state index contributed by atoms with van der Waals surface area (Å²) in [4.78, 5) is 10.7. The first kappa shape index (κ1) is 12.5. The lowest BCUT2D eigenvalue weighted by atomic mass is 10.1. The Kier molecular flexibility index (Phi) is 4.79. The van der Waals surface area contributed by atoms with Crippen molar-refractivity contribution in [1.82, 2.24) is 0 Å². The molecule has 1 aromatic carbocycles. The van der Waals surface area contributed by atoms with Crippen LogP contribution < -0.4 is 10.5 Å². The molecule has 0 spiro atoms. The Hall–Kier alpha value is -1.55. The van der Waals surface area contributed by atoms with Crippen molar-refractivity contribution < 1.29 is 14.6 Å². The first-order valence-electron chi connectivity index (χ1n) is 5.36. The van der Waals surface area contributed by atoms with Crippen LogP contribution in [0.3, 0.4) is 0 Å². The van der Waals surface area contributed by atoms with E-state index in [2.05, 4.69) is 6.92 Å². The molecule has 0 radical (unpaired) electrons.